The van der Waals surface area contributed by atoms with E-state index in [1.54, 1.807) is 0 Å². The van der Waals surface area contributed by atoms with Gasteiger partial charge in [0.2, 0.25) is 0 Å². The highest BCUT2D eigenvalue weighted by molar-refractivity contribution is 6.30. The molecule has 3 nitrogen and oxygen atoms in total. The molecule has 100 valence electrons. The zero-order valence-corrected chi connectivity index (χ0v) is 12.1. The van der Waals surface area contributed by atoms with Crippen molar-refractivity contribution in [3.8, 4) is 0 Å². The van der Waals surface area contributed by atoms with Gasteiger partial charge in [-0.05, 0) is 45.2 Å². The summed E-state index contributed by atoms with van der Waals surface area (Å²) < 4.78 is 0. The molecular formula is C14H22ClN3. The van der Waals surface area contributed by atoms with Crippen LogP contribution in [0.25, 0.3) is 0 Å². The Morgan fingerprint density at radius 2 is 1.94 bits per heavy atom. The van der Waals surface area contributed by atoms with Crippen molar-refractivity contribution in [3.63, 3.8) is 0 Å². The minimum absolute atomic E-state index is 0.158. The Kier molecular flexibility index (Phi) is 3.85. The molecule has 1 aromatic carbocycles. The van der Waals surface area contributed by atoms with Gasteiger partial charge in [-0.1, -0.05) is 11.6 Å². The highest BCUT2D eigenvalue weighted by atomic mass is 35.5. The van der Waals surface area contributed by atoms with Crippen LogP contribution in [0.1, 0.15) is 13.8 Å². The Labute approximate surface area is 115 Å². The van der Waals surface area contributed by atoms with Crippen molar-refractivity contribution in [1.82, 2.24) is 4.90 Å². The molecule has 2 rings (SSSR count). The van der Waals surface area contributed by atoms with Gasteiger partial charge in [0.25, 0.3) is 0 Å². The smallest absolute Gasteiger partial charge is 0.0540 e. The fourth-order valence-corrected chi connectivity index (χ4v) is 2.59. The van der Waals surface area contributed by atoms with E-state index in [4.69, 9.17) is 17.3 Å². The van der Waals surface area contributed by atoms with Gasteiger partial charge in [0.1, 0.15) is 0 Å². The lowest BCUT2D eigenvalue weighted by Crippen LogP contribution is -2.64. The van der Waals surface area contributed by atoms with Gasteiger partial charge in [0.15, 0.2) is 0 Å². The van der Waals surface area contributed by atoms with E-state index in [1.807, 2.05) is 12.1 Å². The number of piperazine rings is 1. The maximum atomic E-state index is 5.95. The molecule has 18 heavy (non-hydrogen) atoms. The van der Waals surface area contributed by atoms with Gasteiger partial charge in [-0.25, -0.2) is 0 Å². The van der Waals surface area contributed by atoms with Gasteiger partial charge < -0.3 is 10.6 Å². The lowest BCUT2D eigenvalue weighted by Gasteiger charge is -2.50. The van der Waals surface area contributed by atoms with Crippen molar-refractivity contribution < 1.29 is 0 Å². The van der Waals surface area contributed by atoms with E-state index in [0.29, 0.717) is 12.6 Å². The van der Waals surface area contributed by atoms with E-state index in [-0.39, 0.29) is 5.54 Å². The first kappa shape index (κ1) is 13.7. The number of halogens is 1. The number of hydrogen-bond acceptors (Lipinski definition) is 3. The average Bonchev–Trinajstić information content (AvgIpc) is 2.33. The van der Waals surface area contributed by atoms with Crippen LogP contribution in [0.4, 0.5) is 5.69 Å². The summed E-state index contributed by atoms with van der Waals surface area (Å²) in [6, 6.07) is 8.40. The zero-order chi connectivity index (χ0) is 13.3. The van der Waals surface area contributed by atoms with Crippen molar-refractivity contribution >= 4 is 17.3 Å². The molecule has 0 aliphatic carbocycles. The second-order valence-electron chi connectivity index (χ2n) is 5.69. The van der Waals surface area contributed by atoms with Crippen molar-refractivity contribution in [2.24, 2.45) is 5.73 Å². The molecule has 1 fully saturated rings. The predicted molar refractivity (Wildman–Crippen MR) is 78.3 cm³/mol. The number of hydrogen-bond donors (Lipinski definition) is 1. The molecule has 0 radical (unpaired) electrons. The van der Waals surface area contributed by atoms with E-state index in [1.165, 1.54) is 5.69 Å². The summed E-state index contributed by atoms with van der Waals surface area (Å²) in [5.41, 5.74) is 7.28. The van der Waals surface area contributed by atoms with Crippen LogP contribution in [0.3, 0.4) is 0 Å². The lowest BCUT2D eigenvalue weighted by molar-refractivity contribution is 0.116. The van der Waals surface area contributed by atoms with Crippen LogP contribution in [0, 0.1) is 0 Å². The number of anilines is 1. The van der Waals surface area contributed by atoms with Crippen molar-refractivity contribution in [3.05, 3.63) is 29.3 Å². The maximum Gasteiger partial charge on any atom is 0.0540 e. The van der Waals surface area contributed by atoms with Crippen LogP contribution in [0.15, 0.2) is 24.3 Å². The molecular weight excluding hydrogens is 246 g/mol. The Morgan fingerprint density at radius 1 is 1.33 bits per heavy atom. The average molecular weight is 268 g/mol. The quantitative estimate of drug-likeness (QED) is 0.892. The SMILES string of the molecule is CN1CC(CN)N(c2ccc(Cl)cc2)CC1(C)C. The third-order valence-corrected chi connectivity index (χ3v) is 4.20. The van der Waals surface area contributed by atoms with Crippen LogP contribution in [0.2, 0.25) is 5.02 Å². The van der Waals surface area contributed by atoms with Gasteiger partial charge in [-0.2, -0.15) is 0 Å². The van der Waals surface area contributed by atoms with E-state index in [0.717, 1.165) is 18.1 Å². The van der Waals surface area contributed by atoms with Gasteiger partial charge in [-0.3, -0.25) is 4.90 Å². The predicted octanol–water partition coefficient (Wildman–Crippen LogP) is 2.20. The first-order valence-corrected chi connectivity index (χ1v) is 6.75. The van der Waals surface area contributed by atoms with E-state index < -0.39 is 0 Å². The summed E-state index contributed by atoms with van der Waals surface area (Å²) in [4.78, 5) is 4.78. The third kappa shape index (κ3) is 2.63. The molecule has 4 heteroatoms. The van der Waals surface area contributed by atoms with Crippen molar-refractivity contribution in [2.45, 2.75) is 25.4 Å². The topological polar surface area (TPSA) is 32.5 Å². The molecule has 1 heterocycles. The number of nitrogens with zero attached hydrogens (tertiary/aromatic N) is 2. The minimum atomic E-state index is 0.158. The highest BCUT2D eigenvalue weighted by Gasteiger charge is 2.36. The molecule has 2 N–H and O–H groups in total. The number of nitrogens with two attached hydrogens (primary N) is 1. The van der Waals surface area contributed by atoms with Gasteiger partial charge in [-0.15, -0.1) is 0 Å². The van der Waals surface area contributed by atoms with Crippen LogP contribution in [0.5, 0.6) is 0 Å². The molecule has 0 spiro atoms. The van der Waals surface area contributed by atoms with Crippen LogP contribution in [-0.2, 0) is 0 Å². The van der Waals surface area contributed by atoms with E-state index in [9.17, 15) is 0 Å². The molecule has 1 aromatic rings. The normalized spacial score (nSPS) is 24.3. The fourth-order valence-electron chi connectivity index (χ4n) is 2.46. The molecule has 0 aromatic heterocycles. The van der Waals surface area contributed by atoms with Gasteiger partial charge in [0.05, 0.1) is 6.04 Å². The number of benzene rings is 1. The summed E-state index contributed by atoms with van der Waals surface area (Å²) in [6.45, 7) is 7.17. The zero-order valence-electron chi connectivity index (χ0n) is 11.4. The number of likely N-dealkylation sites (N-methyl/N-ethyl adjacent to an activating group) is 1. The Morgan fingerprint density at radius 3 is 2.50 bits per heavy atom. The van der Waals surface area contributed by atoms with Crippen molar-refractivity contribution in [1.29, 1.82) is 0 Å². The van der Waals surface area contributed by atoms with E-state index in [2.05, 4.69) is 42.8 Å². The first-order valence-electron chi connectivity index (χ1n) is 6.37. The maximum absolute atomic E-state index is 5.95. The lowest BCUT2D eigenvalue weighted by atomic mass is 9.95. The minimum Gasteiger partial charge on any atom is -0.364 e. The summed E-state index contributed by atoms with van der Waals surface area (Å²) in [6.07, 6.45) is 0. The van der Waals surface area contributed by atoms with Gasteiger partial charge in [0, 0.05) is 35.9 Å². The third-order valence-electron chi connectivity index (χ3n) is 3.95. The molecule has 0 amide bonds. The molecule has 0 bridgehead atoms. The van der Waals surface area contributed by atoms with Gasteiger partial charge >= 0.3 is 0 Å². The van der Waals surface area contributed by atoms with Crippen LogP contribution in [-0.4, -0.2) is 43.2 Å². The van der Waals surface area contributed by atoms with E-state index >= 15 is 0 Å². The summed E-state index contributed by atoms with van der Waals surface area (Å²) in [5.74, 6) is 0. The highest BCUT2D eigenvalue weighted by Crippen LogP contribution is 2.28. The first-order chi connectivity index (χ1) is 8.44. The van der Waals surface area contributed by atoms with Crippen LogP contribution >= 0.6 is 11.6 Å². The van der Waals surface area contributed by atoms with Crippen molar-refractivity contribution in [2.75, 3.05) is 31.6 Å². The fraction of sp³-hybridized carbons (Fsp3) is 0.571. The molecule has 1 atom stereocenters. The number of rotatable bonds is 2. The standard InChI is InChI=1S/C14H22ClN3/c1-14(2)10-18(13(8-16)9-17(14)3)12-6-4-11(15)5-7-12/h4-7,13H,8-10,16H2,1-3H3. The summed E-state index contributed by atoms with van der Waals surface area (Å²) in [7, 11) is 2.17. The molecule has 0 saturated carbocycles. The summed E-state index contributed by atoms with van der Waals surface area (Å²) in [5, 5.41) is 0.774. The monoisotopic (exact) mass is 267 g/mol. The Bertz CT molecular complexity index is 402. The molecule has 1 unspecified atom stereocenters. The Balaban J connectivity index is 2.26. The summed E-state index contributed by atoms with van der Waals surface area (Å²) >= 11 is 5.95. The second-order valence-corrected chi connectivity index (χ2v) is 6.12. The molecule has 1 saturated heterocycles. The second kappa shape index (κ2) is 5.08. The largest absolute Gasteiger partial charge is 0.364 e. The van der Waals surface area contributed by atoms with Crippen LogP contribution < -0.4 is 10.6 Å². The Hall–Kier alpha value is -0.770. The molecule has 1 aliphatic heterocycles. The molecule has 1 aliphatic rings.